The molecule has 0 bridgehead atoms. The summed E-state index contributed by atoms with van der Waals surface area (Å²) in [7, 11) is 0. The highest BCUT2D eigenvalue weighted by Crippen LogP contribution is 2.13. The van der Waals surface area contributed by atoms with Gasteiger partial charge in [-0.3, -0.25) is 9.59 Å². The van der Waals surface area contributed by atoms with Gasteiger partial charge in [-0.05, 0) is 64.2 Å². The SMILES string of the molecule is C=COC=C.CCCCCCCC/C=C\CCCCCCCC(=O)OC(=O)CCCCCCC/C=C\CC(O)CCCCCC.O. The highest BCUT2D eigenvalue weighted by molar-refractivity contribution is 5.85. The molecule has 3 N–H and O–H groups in total. The smallest absolute Gasteiger partial charge is 0.313 e. The van der Waals surface area contributed by atoms with Crippen LogP contribution in [0.5, 0.6) is 0 Å². The van der Waals surface area contributed by atoms with Gasteiger partial charge in [-0.15, -0.1) is 0 Å². The first-order valence-corrected chi connectivity index (χ1v) is 18.6. The molecule has 0 saturated heterocycles. The van der Waals surface area contributed by atoms with Crippen molar-refractivity contribution >= 4 is 11.9 Å². The second-order valence-electron chi connectivity index (χ2n) is 12.2. The Morgan fingerprint density at radius 3 is 1.35 bits per heavy atom. The predicted octanol–water partition coefficient (Wildman–Crippen LogP) is 11.6. The zero-order valence-corrected chi connectivity index (χ0v) is 30.1. The molecule has 0 rings (SSSR count). The normalized spacial score (nSPS) is 11.5. The van der Waals surface area contributed by atoms with Crippen LogP contribution in [0.2, 0.25) is 0 Å². The molecule has 1 atom stereocenters. The number of unbranched alkanes of at least 4 members (excludes halogenated alkanes) is 19. The first kappa shape index (κ1) is 48.2. The van der Waals surface area contributed by atoms with Crippen molar-refractivity contribution in [3.05, 3.63) is 50.0 Å². The Morgan fingerprint density at radius 2 is 0.935 bits per heavy atom. The number of aliphatic hydroxyl groups is 1. The Kier molecular flexibility index (Phi) is 44.9. The molecule has 0 amide bonds. The van der Waals surface area contributed by atoms with Crippen molar-refractivity contribution in [2.45, 2.75) is 193 Å². The van der Waals surface area contributed by atoms with Crippen LogP contribution in [0.4, 0.5) is 0 Å². The number of rotatable bonds is 32. The number of allylic oxidation sites excluding steroid dienone is 3. The second-order valence-corrected chi connectivity index (χ2v) is 12.2. The summed E-state index contributed by atoms with van der Waals surface area (Å²) in [4.78, 5) is 23.8. The molecule has 46 heavy (non-hydrogen) atoms. The highest BCUT2D eigenvalue weighted by atomic mass is 16.6. The molecule has 0 aromatic heterocycles. The quantitative estimate of drug-likeness (QED) is 0.0256. The molecule has 270 valence electrons. The summed E-state index contributed by atoms with van der Waals surface area (Å²) in [5.74, 6) is -0.727. The van der Waals surface area contributed by atoms with Crippen molar-refractivity contribution in [1.29, 1.82) is 0 Å². The summed E-state index contributed by atoms with van der Waals surface area (Å²) in [6, 6.07) is 0. The summed E-state index contributed by atoms with van der Waals surface area (Å²) in [6.45, 7) is 11.0. The van der Waals surface area contributed by atoms with Gasteiger partial charge in [0.05, 0.1) is 18.6 Å². The van der Waals surface area contributed by atoms with Gasteiger partial charge < -0.3 is 20.1 Å². The van der Waals surface area contributed by atoms with Gasteiger partial charge in [0, 0.05) is 12.8 Å². The molecule has 0 heterocycles. The lowest BCUT2D eigenvalue weighted by Crippen LogP contribution is -2.11. The van der Waals surface area contributed by atoms with Crippen molar-refractivity contribution in [2.24, 2.45) is 0 Å². The number of aliphatic hydroxyl groups excluding tert-OH is 1. The van der Waals surface area contributed by atoms with Crippen LogP contribution in [0.15, 0.2) is 50.0 Å². The number of carbonyl (C=O) groups excluding carboxylic acids is 2. The van der Waals surface area contributed by atoms with E-state index in [1.807, 2.05) is 0 Å². The summed E-state index contributed by atoms with van der Waals surface area (Å²) in [6.07, 6.45) is 40.8. The second kappa shape index (κ2) is 42.8. The van der Waals surface area contributed by atoms with Crippen molar-refractivity contribution < 1.29 is 29.6 Å². The minimum absolute atomic E-state index is 0. The molecule has 0 saturated carbocycles. The Hall–Kier alpha value is -2.18. The highest BCUT2D eigenvalue weighted by Gasteiger charge is 2.09. The number of carbonyl (C=O) groups is 2. The predicted molar refractivity (Wildman–Crippen MR) is 196 cm³/mol. The summed E-state index contributed by atoms with van der Waals surface area (Å²) >= 11 is 0. The van der Waals surface area contributed by atoms with Crippen molar-refractivity contribution in [2.75, 3.05) is 0 Å². The molecular formula is C40H74O6. The van der Waals surface area contributed by atoms with E-state index in [0.717, 1.165) is 83.5 Å². The van der Waals surface area contributed by atoms with E-state index in [1.54, 1.807) is 0 Å². The van der Waals surface area contributed by atoms with Gasteiger partial charge >= 0.3 is 11.9 Å². The summed E-state index contributed by atoms with van der Waals surface area (Å²) in [5, 5.41) is 9.97. The first-order valence-electron chi connectivity index (χ1n) is 18.6. The molecule has 0 aliphatic carbocycles. The van der Waals surface area contributed by atoms with Crippen molar-refractivity contribution in [3.8, 4) is 0 Å². The fourth-order valence-corrected chi connectivity index (χ4v) is 4.99. The first-order chi connectivity index (χ1) is 22.0. The fraction of sp³-hybridized carbons (Fsp3) is 0.750. The third-order valence-electron chi connectivity index (χ3n) is 7.78. The van der Waals surface area contributed by atoms with Gasteiger partial charge in [-0.25, -0.2) is 0 Å². The number of hydrogen-bond acceptors (Lipinski definition) is 5. The summed E-state index contributed by atoms with van der Waals surface area (Å²) < 4.78 is 9.34. The Morgan fingerprint density at radius 1 is 0.565 bits per heavy atom. The zero-order valence-electron chi connectivity index (χ0n) is 30.1. The third-order valence-corrected chi connectivity index (χ3v) is 7.78. The lowest BCUT2D eigenvalue weighted by Gasteiger charge is -2.07. The van der Waals surface area contributed by atoms with E-state index in [9.17, 15) is 14.7 Å². The molecule has 0 aliphatic heterocycles. The van der Waals surface area contributed by atoms with Crippen LogP contribution >= 0.6 is 0 Å². The van der Waals surface area contributed by atoms with Crippen LogP contribution in [0.3, 0.4) is 0 Å². The van der Waals surface area contributed by atoms with Crippen LogP contribution in [-0.4, -0.2) is 28.6 Å². The fourth-order valence-electron chi connectivity index (χ4n) is 4.99. The van der Waals surface area contributed by atoms with Crippen LogP contribution in [0.25, 0.3) is 0 Å². The standard InChI is InChI=1S/C36H66O4.C4H6O.H2O/c1-3-5-7-9-10-11-12-13-14-15-16-17-21-24-28-32-35(38)40-36(39)33-29-25-22-19-18-20-23-27-31-34(37)30-26-8-6-4-2;1-3-5-4-2;/h13-14,23,27,34,37H,3-12,15-22,24-26,28-33H2,1-2H3;3-4H,1-2H2;1H2/b14-13-,27-23-;;. The Bertz CT molecular complexity index is 709. The van der Waals surface area contributed by atoms with Gasteiger partial charge in [0.1, 0.15) is 0 Å². The van der Waals surface area contributed by atoms with E-state index in [-0.39, 0.29) is 23.5 Å². The molecular weight excluding hydrogens is 576 g/mol. The van der Waals surface area contributed by atoms with Crippen LogP contribution < -0.4 is 0 Å². The lowest BCUT2D eigenvalue weighted by molar-refractivity contribution is -0.159. The maximum atomic E-state index is 11.9. The van der Waals surface area contributed by atoms with E-state index < -0.39 is 0 Å². The summed E-state index contributed by atoms with van der Waals surface area (Å²) in [5.41, 5.74) is 0. The van der Waals surface area contributed by atoms with Gasteiger partial charge in [-0.2, -0.15) is 0 Å². The van der Waals surface area contributed by atoms with Gasteiger partial charge in [0.2, 0.25) is 0 Å². The zero-order chi connectivity index (χ0) is 33.5. The van der Waals surface area contributed by atoms with Gasteiger partial charge in [0.15, 0.2) is 0 Å². The molecule has 0 aromatic carbocycles. The molecule has 0 radical (unpaired) electrons. The van der Waals surface area contributed by atoms with Gasteiger partial charge in [0.25, 0.3) is 0 Å². The van der Waals surface area contributed by atoms with E-state index in [1.165, 1.54) is 89.6 Å². The Labute approximate surface area is 284 Å². The van der Waals surface area contributed by atoms with E-state index >= 15 is 0 Å². The molecule has 0 aliphatic rings. The van der Waals surface area contributed by atoms with Gasteiger partial charge in [-0.1, -0.05) is 148 Å². The molecule has 6 heteroatoms. The van der Waals surface area contributed by atoms with Crippen LogP contribution in [0.1, 0.15) is 187 Å². The van der Waals surface area contributed by atoms with Crippen molar-refractivity contribution in [1.82, 2.24) is 0 Å². The average Bonchev–Trinajstić information content (AvgIpc) is 3.02. The molecule has 0 fully saturated rings. The Balaban J connectivity index is -0.00000284. The largest absolute Gasteiger partial charge is 0.474 e. The molecule has 0 spiro atoms. The lowest BCUT2D eigenvalue weighted by atomic mass is 10.1. The third kappa shape index (κ3) is 43.9. The average molecular weight is 651 g/mol. The number of esters is 2. The molecule has 6 nitrogen and oxygen atoms in total. The number of hydrogen-bond donors (Lipinski definition) is 1. The molecule has 0 aromatic rings. The van der Waals surface area contributed by atoms with Crippen LogP contribution in [-0.2, 0) is 19.1 Å². The van der Waals surface area contributed by atoms with E-state index in [4.69, 9.17) is 4.74 Å². The number of ether oxygens (including phenoxy) is 2. The monoisotopic (exact) mass is 651 g/mol. The molecule has 1 unspecified atom stereocenters. The van der Waals surface area contributed by atoms with Crippen molar-refractivity contribution in [3.63, 3.8) is 0 Å². The topological polar surface area (TPSA) is 104 Å². The van der Waals surface area contributed by atoms with E-state index in [2.05, 4.69) is 56.0 Å². The van der Waals surface area contributed by atoms with Crippen LogP contribution in [0, 0.1) is 0 Å². The van der Waals surface area contributed by atoms with E-state index in [0.29, 0.717) is 12.8 Å². The maximum Gasteiger partial charge on any atom is 0.313 e. The maximum absolute atomic E-state index is 11.9. The minimum atomic E-state index is -0.367. The minimum Gasteiger partial charge on any atom is -0.474 e.